The molecule has 2 aliphatic rings. The largest absolute Gasteiger partial charge is 1.00 e. The predicted octanol–water partition coefficient (Wildman–Crippen LogP) is 7.23. The van der Waals surface area contributed by atoms with E-state index in [9.17, 15) is 33.7 Å². The number of hydrogen-bond acceptors (Lipinski definition) is 13. The molecule has 22 nitrogen and oxygen atoms in total. The smallest absolute Gasteiger partial charge is 1.00 e. The normalized spacial score (nSPS) is 17.3. The van der Waals surface area contributed by atoms with Gasteiger partial charge < -0.3 is 33.6 Å². The number of aliphatic hydroxyl groups excluding tert-OH is 2. The molecule has 0 bridgehead atoms. The molecule has 81 heavy (non-hydrogen) atoms. The topological polar surface area (TPSA) is 334 Å². The number of aryl methyl sites for hydroxylation is 2. The van der Waals surface area contributed by atoms with Crippen LogP contribution in [0.2, 0.25) is 0 Å². The van der Waals surface area contributed by atoms with Gasteiger partial charge in [-0.15, -0.1) is 0 Å². The summed E-state index contributed by atoms with van der Waals surface area (Å²) in [7, 11) is 3.74. The zero-order chi connectivity index (χ0) is 58.0. The number of nitrogens with two attached hydrogens (primary N) is 2. The summed E-state index contributed by atoms with van der Waals surface area (Å²) in [6, 6.07) is 44.0. The van der Waals surface area contributed by atoms with Gasteiger partial charge in [0.2, 0.25) is 5.91 Å². The number of nitrogens with zero attached hydrogens (tertiary/aromatic N) is 11. The van der Waals surface area contributed by atoms with Gasteiger partial charge in [-0.3, -0.25) is 28.8 Å². The van der Waals surface area contributed by atoms with Crippen LogP contribution in [0.1, 0.15) is 39.2 Å². The van der Waals surface area contributed by atoms with Crippen LogP contribution in [-0.4, -0.2) is 94.9 Å². The Hall–Kier alpha value is -8.50. The standard InChI is InChI=1S/C28H29FN4O2.C14H12FN3.C14H19NO3.Li.H3N5.H2N4.H/c1-19(34)28(14-15-33(18-28)17-20-6-4-3-5-7-20)27(35)30-23-12-13-25-24(16-23)26(31-32(25)2)21-8-10-22(29)11-9-21;1-18-13-7-6-11(16)8-12(13)14(17-18)9-2-4-10(15)5-3-9;1-11(16)14(13(17)18)7-8-15(10-14)9-12-5-3-2-4-6-12;;1-3-5-4-2;1-3-4-2;/h3-13,16,19,34H,14-15,17-18H2,1-2H3,(H,30,35);2-8H,16H2,1H3;2-6,11,16H,7-10H2,1H3,(H,17,18);;(H3,1,2,5);1-2H;/q;;;+1;;;-1. The molecule has 8 aromatic rings. The Bertz CT molecular complexity index is 3390. The molecule has 0 aliphatic carbocycles. The molecule has 4 atom stereocenters. The van der Waals surface area contributed by atoms with Gasteiger partial charge in [-0.05, 0) is 157 Å². The molecule has 6 aromatic carbocycles. The molecule has 4 unspecified atom stereocenters. The van der Waals surface area contributed by atoms with Crippen molar-refractivity contribution in [2.45, 2.75) is 52.0 Å². The van der Waals surface area contributed by atoms with Gasteiger partial charge in [-0.1, -0.05) is 65.9 Å². The van der Waals surface area contributed by atoms with Crippen molar-refractivity contribution < 1.29 is 54.0 Å². The van der Waals surface area contributed by atoms with Crippen molar-refractivity contribution in [2.24, 2.45) is 56.9 Å². The number of aliphatic carboxylic acids is 1. The van der Waals surface area contributed by atoms with Crippen molar-refractivity contribution in [1.29, 1.82) is 16.6 Å². The van der Waals surface area contributed by atoms with E-state index >= 15 is 0 Å². The van der Waals surface area contributed by atoms with E-state index in [-0.39, 0.29) is 37.8 Å². The van der Waals surface area contributed by atoms with Crippen LogP contribution in [0.4, 0.5) is 20.2 Å². The van der Waals surface area contributed by atoms with Crippen molar-refractivity contribution in [3.8, 4) is 22.5 Å². The molecule has 420 valence electrons. The fourth-order valence-corrected chi connectivity index (χ4v) is 9.74. The number of carboxylic acids is 1. The first-order valence-electron chi connectivity index (χ1n) is 25.2. The van der Waals surface area contributed by atoms with Gasteiger partial charge in [0.25, 0.3) is 0 Å². The minimum atomic E-state index is -1.01. The number of benzene rings is 6. The van der Waals surface area contributed by atoms with Crippen LogP contribution in [0.25, 0.3) is 44.3 Å². The number of rotatable bonds is 13. The summed E-state index contributed by atoms with van der Waals surface area (Å²) in [6.07, 6.45) is -0.525. The number of hydrogen-bond donors (Lipinski definition) is 9. The number of aliphatic hydroxyl groups is 2. The second kappa shape index (κ2) is 29.6. The molecule has 2 fully saturated rings. The van der Waals surface area contributed by atoms with Crippen molar-refractivity contribution in [3.05, 3.63) is 168 Å². The number of halogens is 2. The maximum atomic E-state index is 13.5. The van der Waals surface area contributed by atoms with E-state index in [0.29, 0.717) is 43.9 Å². The first kappa shape index (κ1) is 63.3. The number of nitrogen functional groups attached to an aromatic ring is 1. The Balaban J connectivity index is 0.000000260. The molecule has 11 N–H and O–H groups in total. The Labute approximate surface area is 480 Å². The second-order valence-electron chi connectivity index (χ2n) is 19.3. The van der Waals surface area contributed by atoms with Gasteiger partial charge in [-0.2, -0.15) is 26.8 Å². The second-order valence-corrected chi connectivity index (χ2v) is 19.3. The van der Waals surface area contributed by atoms with Crippen molar-refractivity contribution in [1.82, 2.24) is 29.4 Å². The van der Waals surface area contributed by atoms with Crippen molar-refractivity contribution in [3.63, 3.8) is 0 Å². The van der Waals surface area contributed by atoms with Gasteiger partial charge in [0.05, 0.1) is 28.7 Å². The van der Waals surface area contributed by atoms with Gasteiger partial charge in [0.1, 0.15) is 28.4 Å². The number of amides is 1. The third-order valence-electron chi connectivity index (χ3n) is 14.1. The van der Waals surface area contributed by atoms with Gasteiger partial charge in [0, 0.05) is 73.5 Å². The van der Waals surface area contributed by atoms with E-state index in [2.05, 4.69) is 69.4 Å². The minimum Gasteiger partial charge on any atom is -1.00 e. The number of aromatic nitrogens is 4. The first-order chi connectivity index (χ1) is 38.4. The number of carbonyl (C=O) groups is 2. The van der Waals surface area contributed by atoms with Crippen LogP contribution in [0.15, 0.2) is 172 Å². The summed E-state index contributed by atoms with van der Waals surface area (Å²) in [5.41, 5.74) is 30.1. The maximum Gasteiger partial charge on any atom is 1.00 e. The van der Waals surface area contributed by atoms with E-state index in [1.807, 2.05) is 99.0 Å². The van der Waals surface area contributed by atoms with Gasteiger partial charge in [0.15, 0.2) is 0 Å². The molecular formula is C56H66F2LiN17O5. The molecule has 0 radical (unpaired) electrons. The maximum absolute atomic E-state index is 13.5. The number of carboxylic acid groups (broad SMARTS) is 1. The van der Waals surface area contributed by atoms with Crippen LogP contribution in [-0.2, 0) is 36.8 Å². The van der Waals surface area contributed by atoms with Crippen LogP contribution >= 0.6 is 0 Å². The summed E-state index contributed by atoms with van der Waals surface area (Å²) in [5.74, 6) is 2.75. The monoisotopic (exact) mass is 1100 g/mol. The van der Waals surface area contributed by atoms with Crippen LogP contribution < -0.4 is 35.8 Å². The Morgan fingerprint density at radius 1 is 0.667 bits per heavy atom. The average Bonchev–Trinajstić information content (AvgIpc) is 4.26. The third kappa shape index (κ3) is 16.1. The van der Waals surface area contributed by atoms with E-state index in [1.54, 1.807) is 47.5 Å². The number of fused-ring (bicyclic) bond motifs is 2. The number of anilines is 2. The van der Waals surface area contributed by atoms with Crippen LogP contribution in [0.5, 0.6) is 0 Å². The summed E-state index contributed by atoms with van der Waals surface area (Å²) in [5, 5.41) is 56.0. The Morgan fingerprint density at radius 3 is 1.49 bits per heavy atom. The number of carbonyl (C=O) groups excluding carboxylic acids is 1. The fraction of sp³-hybridized carbons (Fsp3) is 0.286. The van der Waals surface area contributed by atoms with Gasteiger partial charge >= 0.3 is 24.8 Å². The summed E-state index contributed by atoms with van der Waals surface area (Å²) >= 11 is 0. The quantitative estimate of drug-likeness (QED) is 0.0182. The average molecular weight is 1100 g/mol. The SMILES string of the molecule is CC(O)C1(C(=O)Nc2ccc3c(c2)c(-c2ccc(F)cc2)nn3C)CCN(Cc2ccccc2)C1.CC(O)C1(C(=O)O)CCN(Cc2ccccc2)C1.Cn1nc(-c2ccc(F)cc2)c2cc(N)ccc21.N=N/N=N/N.N=NN=N.[H-].[Li+]. The molecule has 10 rings (SSSR count). The molecule has 0 saturated carbocycles. The number of nitrogens with one attached hydrogen (secondary N) is 4. The predicted molar refractivity (Wildman–Crippen MR) is 299 cm³/mol. The van der Waals surface area contributed by atoms with E-state index in [0.717, 1.165) is 64.0 Å². The van der Waals surface area contributed by atoms with Gasteiger partial charge in [-0.25, -0.2) is 8.78 Å². The molecule has 0 spiro atoms. The molecule has 25 heteroatoms. The van der Waals surface area contributed by atoms with E-state index in [4.69, 9.17) is 22.3 Å². The first-order valence-corrected chi connectivity index (χ1v) is 25.2. The molecule has 2 saturated heterocycles. The molecule has 2 aliphatic heterocycles. The zero-order valence-electron chi connectivity index (χ0n) is 46.7. The zero-order valence-corrected chi connectivity index (χ0v) is 45.7. The fourth-order valence-electron chi connectivity index (χ4n) is 9.74. The van der Waals surface area contributed by atoms with Crippen molar-refractivity contribution >= 4 is 45.1 Å². The van der Waals surface area contributed by atoms with E-state index in [1.165, 1.54) is 35.4 Å². The van der Waals surface area contributed by atoms with Crippen LogP contribution in [0, 0.1) is 39.1 Å². The summed E-state index contributed by atoms with van der Waals surface area (Å²) in [4.78, 5) is 29.2. The van der Waals surface area contributed by atoms with Crippen molar-refractivity contribution in [2.75, 3.05) is 37.2 Å². The third-order valence-corrected chi connectivity index (χ3v) is 14.1. The summed E-state index contributed by atoms with van der Waals surface area (Å²) in [6.45, 7) is 7.10. The Kier molecular flexibility index (Phi) is 23.2. The Morgan fingerprint density at radius 2 is 1.10 bits per heavy atom. The van der Waals surface area contributed by atoms with E-state index < -0.39 is 29.0 Å². The molecule has 2 aromatic heterocycles. The molecule has 1 amide bonds. The molecular weight excluding hydrogens is 1040 g/mol. The number of likely N-dealkylation sites (tertiary alicyclic amines) is 2. The minimum absolute atomic E-state index is 0. The summed E-state index contributed by atoms with van der Waals surface area (Å²) < 4.78 is 29.9. The van der Waals surface area contributed by atoms with Crippen LogP contribution in [0.3, 0.4) is 0 Å². The molecule has 4 heterocycles.